The minimum absolute atomic E-state index is 0.0270. The molecule has 2 aliphatic rings. The van der Waals surface area contributed by atoms with E-state index < -0.39 is 5.41 Å². The van der Waals surface area contributed by atoms with Gasteiger partial charge in [-0.3, -0.25) is 4.79 Å². The van der Waals surface area contributed by atoms with Crippen molar-refractivity contribution >= 4 is 5.91 Å². The summed E-state index contributed by atoms with van der Waals surface area (Å²) >= 11 is 0. The van der Waals surface area contributed by atoms with Gasteiger partial charge < -0.3 is 10.2 Å². The number of piperidine rings is 1. The molecule has 0 spiro atoms. The topological polar surface area (TPSA) is 56.1 Å². The number of carbonyl (C=O) groups is 1. The zero-order chi connectivity index (χ0) is 14.4. The Morgan fingerprint density at radius 1 is 1.25 bits per heavy atom. The van der Waals surface area contributed by atoms with Crippen LogP contribution in [0, 0.1) is 16.7 Å². The minimum Gasteiger partial charge on any atom is -0.353 e. The molecule has 1 aliphatic carbocycles. The summed E-state index contributed by atoms with van der Waals surface area (Å²) in [6.07, 6.45) is 9.43. The molecule has 1 atom stereocenters. The maximum absolute atomic E-state index is 12.5. The van der Waals surface area contributed by atoms with Crippen LogP contribution in [0.25, 0.3) is 0 Å². The van der Waals surface area contributed by atoms with Crippen LogP contribution in [0.1, 0.15) is 57.8 Å². The predicted molar refractivity (Wildman–Crippen MR) is 79.0 cm³/mol. The lowest BCUT2D eigenvalue weighted by molar-refractivity contribution is -0.129. The van der Waals surface area contributed by atoms with Gasteiger partial charge in [0.05, 0.1) is 6.07 Å². The van der Waals surface area contributed by atoms with Gasteiger partial charge >= 0.3 is 0 Å². The van der Waals surface area contributed by atoms with Crippen LogP contribution in [-0.4, -0.2) is 37.0 Å². The molecule has 1 saturated heterocycles. The summed E-state index contributed by atoms with van der Waals surface area (Å²) in [6, 6.07) is 2.77. The highest BCUT2D eigenvalue weighted by atomic mass is 16.2. The molecule has 20 heavy (non-hydrogen) atoms. The summed E-state index contributed by atoms with van der Waals surface area (Å²) in [7, 11) is 2.13. The van der Waals surface area contributed by atoms with Crippen LogP contribution >= 0.6 is 0 Å². The number of nitrogens with one attached hydrogen (secondary N) is 1. The van der Waals surface area contributed by atoms with Gasteiger partial charge in [0.2, 0.25) is 5.91 Å². The van der Waals surface area contributed by atoms with Crippen molar-refractivity contribution in [1.82, 2.24) is 10.2 Å². The largest absolute Gasteiger partial charge is 0.353 e. The van der Waals surface area contributed by atoms with E-state index in [4.69, 9.17) is 0 Å². The second-order valence-electron chi connectivity index (χ2n) is 6.45. The Morgan fingerprint density at radius 2 is 1.95 bits per heavy atom. The molecule has 0 bridgehead atoms. The number of hydrogen-bond donors (Lipinski definition) is 1. The second kappa shape index (κ2) is 7.08. The fourth-order valence-corrected chi connectivity index (χ4v) is 3.50. The highest BCUT2D eigenvalue weighted by Gasteiger charge is 2.39. The van der Waals surface area contributed by atoms with Crippen LogP contribution in [0.5, 0.6) is 0 Å². The van der Waals surface area contributed by atoms with Gasteiger partial charge in [0.15, 0.2) is 0 Å². The Morgan fingerprint density at radius 3 is 2.55 bits per heavy atom. The number of hydrogen-bond acceptors (Lipinski definition) is 3. The monoisotopic (exact) mass is 277 g/mol. The molecule has 4 nitrogen and oxygen atoms in total. The fourth-order valence-electron chi connectivity index (χ4n) is 3.50. The highest BCUT2D eigenvalue weighted by molar-refractivity contribution is 5.85. The summed E-state index contributed by atoms with van der Waals surface area (Å²) in [4.78, 5) is 14.8. The molecule has 112 valence electrons. The van der Waals surface area contributed by atoms with E-state index in [1.54, 1.807) is 0 Å². The van der Waals surface area contributed by atoms with Crippen molar-refractivity contribution in [2.45, 2.75) is 63.8 Å². The van der Waals surface area contributed by atoms with E-state index in [-0.39, 0.29) is 5.91 Å². The van der Waals surface area contributed by atoms with Gasteiger partial charge in [-0.2, -0.15) is 5.26 Å². The molecule has 1 unspecified atom stereocenters. The first-order chi connectivity index (χ1) is 9.68. The third kappa shape index (κ3) is 3.52. The summed E-state index contributed by atoms with van der Waals surface area (Å²) in [5.74, 6) is -0.0270. The lowest BCUT2D eigenvalue weighted by Gasteiger charge is -2.33. The highest BCUT2D eigenvalue weighted by Crippen LogP contribution is 2.34. The van der Waals surface area contributed by atoms with Gasteiger partial charge in [0, 0.05) is 12.6 Å². The van der Waals surface area contributed by atoms with E-state index in [1.165, 1.54) is 12.8 Å². The smallest absolute Gasteiger partial charge is 0.240 e. The summed E-state index contributed by atoms with van der Waals surface area (Å²) in [5, 5.41) is 12.6. The SMILES string of the molecule is CN1CCCCC1CNC(=O)C1(C#N)CCCCCC1. The van der Waals surface area contributed by atoms with E-state index in [1.807, 2.05) is 0 Å². The normalized spacial score (nSPS) is 27.3. The Balaban J connectivity index is 1.90. The first-order valence-corrected chi connectivity index (χ1v) is 8.08. The van der Waals surface area contributed by atoms with Crippen molar-refractivity contribution < 1.29 is 4.79 Å². The van der Waals surface area contributed by atoms with Crippen molar-refractivity contribution in [3.63, 3.8) is 0 Å². The molecule has 2 fully saturated rings. The van der Waals surface area contributed by atoms with Crippen molar-refractivity contribution in [2.24, 2.45) is 5.41 Å². The van der Waals surface area contributed by atoms with E-state index in [0.717, 1.165) is 51.5 Å². The third-order valence-electron chi connectivity index (χ3n) is 5.03. The predicted octanol–water partition coefficient (Wildman–Crippen LogP) is 2.45. The van der Waals surface area contributed by atoms with Crippen LogP contribution in [0.15, 0.2) is 0 Å². The van der Waals surface area contributed by atoms with Gasteiger partial charge in [0.1, 0.15) is 5.41 Å². The molecular weight excluding hydrogens is 250 g/mol. The first-order valence-electron chi connectivity index (χ1n) is 8.08. The number of nitrogens with zero attached hydrogens (tertiary/aromatic N) is 2. The van der Waals surface area contributed by atoms with Crippen molar-refractivity contribution in [2.75, 3.05) is 20.1 Å². The molecule has 0 aromatic heterocycles. The minimum atomic E-state index is -0.760. The summed E-state index contributed by atoms with van der Waals surface area (Å²) in [6.45, 7) is 1.81. The zero-order valence-electron chi connectivity index (χ0n) is 12.7. The lowest BCUT2D eigenvalue weighted by atomic mass is 9.81. The molecule has 1 saturated carbocycles. The number of rotatable bonds is 3. The Bertz CT molecular complexity index is 366. The van der Waals surface area contributed by atoms with Crippen molar-refractivity contribution in [3.8, 4) is 6.07 Å². The Labute approximate surface area is 122 Å². The Hall–Kier alpha value is -1.08. The molecule has 1 N–H and O–H groups in total. The molecule has 0 radical (unpaired) electrons. The average Bonchev–Trinajstić information content (AvgIpc) is 2.72. The molecule has 2 rings (SSSR count). The van der Waals surface area contributed by atoms with Crippen LogP contribution in [-0.2, 0) is 4.79 Å². The Kier molecular flexibility index (Phi) is 5.42. The molecule has 1 aliphatic heterocycles. The van der Waals surface area contributed by atoms with E-state index in [9.17, 15) is 10.1 Å². The van der Waals surface area contributed by atoms with E-state index in [2.05, 4.69) is 23.3 Å². The molecule has 0 aromatic rings. The number of nitriles is 1. The first kappa shape index (κ1) is 15.3. The van der Waals surface area contributed by atoms with Crippen LogP contribution in [0.4, 0.5) is 0 Å². The molecular formula is C16H27N3O. The number of amides is 1. The third-order valence-corrected chi connectivity index (χ3v) is 5.03. The summed E-state index contributed by atoms with van der Waals surface area (Å²) in [5.41, 5.74) is -0.760. The maximum atomic E-state index is 12.5. The number of likely N-dealkylation sites (tertiary alicyclic amines) is 1. The van der Waals surface area contributed by atoms with Crippen LogP contribution in [0.2, 0.25) is 0 Å². The second-order valence-corrected chi connectivity index (χ2v) is 6.45. The standard InChI is InChI=1S/C16H27N3O/c1-19-11-7-4-8-14(19)12-18-15(20)16(13-17)9-5-2-3-6-10-16/h14H,2-12H2,1H3,(H,18,20). The summed E-state index contributed by atoms with van der Waals surface area (Å²) < 4.78 is 0. The van der Waals surface area contributed by atoms with Crippen molar-refractivity contribution in [3.05, 3.63) is 0 Å². The fraction of sp³-hybridized carbons (Fsp3) is 0.875. The molecule has 0 aromatic carbocycles. The van der Waals surface area contributed by atoms with Crippen LogP contribution < -0.4 is 5.32 Å². The van der Waals surface area contributed by atoms with Gasteiger partial charge in [-0.05, 0) is 39.3 Å². The van der Waals surface area contributed by atoms with Gasteiger partial charge in [-0.15, -0.1) is 0 Å². The number of carbonyl (C=O) groups excluding carboxylic acids is 1. The maximum Gasteiger partial charge on any atom is 0.240 e. The lowest BCUT2D eigenvalue weighted by Crippen LogP contribution is -2.48. The molecule has 1 amide bonds. The van der Waals surface area contributed by atoms with Crippen LogP contribution in [0.3, 0.4) is 0 Å². The van der Waals surface area contributed by atoms with E-state index >= 15 is 0 Å². The average molecular weight is 277 g/mol. The molecule has 1 heterocycles. The zero-order valence-corrected chi connectivity index (χ0v) is 12.7. The number of likely N-dealkylation sites (N-methyl/N-ethyl adjacent to an activating group) is 1. The van der Waals surface area contributed by atoms with Crippen molar-refractivity contribution in [1.29, 1.82) is 5.26 Å². The van der Waals surface area contributed by atoms with Gasteiger partial charge in [0.25, 0.3) is 0 Å². The van der Waals surface area contributed by atoms with E-state index in [0.29, 0.717) is 12.6 Å². The van der Waals surface area contributed by atoms with Gasteiger partial charge in [-0.25, -0.2) is 0 Å². The van der Waals surface area contributed by atoms with Gasteiger partial charge in [-0.1, -0.05) is 32.1 Å². The quantitative estimate of drug-likeness (QED) is 0.806. The molecule has 4 heteroatoms.